The van der Waals surface area contributed by atoms with Crippen LogP contribution in [0.5, 0.6) is 5.88 Å². The highest BCUT2D eigenvalue weighted by molar-refractivity contribution is 5.24. The molecule has 0 spiro atoms. The smallest absolute Gasteiger partial charge is 0.392 e. The number of halogens is 3. The summed E-state index contributed by atoms with van der Waals surface area (Å²) in [4.78, 5) is 4.06. The van der Waals surface area contributed by atoms with E-state index in [2.05, 4.69) is 17.2 Å². The quantitative estimate of drug-likeness (QED) is 0.776. The summed E-state index contributed by atoms with van der Waals surface area (Å²) in [7, 11) is 0. The van der Waals surface area contributed by atoms with Crippen molar-refractivity contribution in [3.8, 4) is 5.88 Å². The maximum absolute atomic E-state index is 12.0. The van der Waals surface area contributed by atoms with Crippen molar-refractivity contribution in [2.24, 2.45) is 0 Å². The van der Waals surface area contributed by atoms with Gasteiger partial charge < -0.3 is 10.1 Å². The highest BCUT2D eigenvalue weighted by Crippen LogP contribution is 2.20. The van der Waals surface area contributed by atoms with Crippen LogP contribution >= 0.6 is 0 Å². The lowest BCUT2D eigenvalue weighted by atomic mass is 10.2. The predicted octanol–water partition coefficient (Wildman–Crippen LogP) is 3.22. The van der Waals surface area contributed by atoms with Gasteiger partial charge in [0.15, 0.2) is 0 Å². The molecule has 0 atom stereocenters. The first-order valence-electron chi connectivity index (χ1n) is 6.28. The standard InChI is InChI=1S/C13H19F3N2O/c1-3-5-17-9-11-7-10(2)18-12(8-11)19-6-4-13(14,15)16/h7-8,17H,3-6,9H2,1-2H3. The van der Waals surface area contributed by atoms with Crippen molar-refractivity contribution < 1.29 is 17.9 Å². The molecule has 0 unspecified atom stereocenters. The molecule has 0 aliphatic carbocycles. The second-order valence-corrected chi connectivity index (χ2v) is 4.35. The second kappa shape index (κ2) is 7.33. The van der Waals surface area contributed by atoms with E-state index >= 15 is 0 Å². The van der Waals surface area contributed by atoms with E-state index in [1.165, 1.54) is 0 Å². The van der Waals surface area contributed by atoms with Crippen LogP contribution in [0.25, 0.3) is 0 Å². The predicted molar refractivity (Wildman–Crippen MR) is 67.1 cm³/mol. The number of pyridine rings is 1. The molecule has 0 bridgehead atoms. The molecule has 1 heterocycles. The molecule has 1 aromatic heterocycles. The minimum absolute atomic E-state index is 0.248. The number of nitrogens with one attached hydrogen (secondary N) is 1. The molecule has 1 N–H and O–H groups in total. The zero-order valence-electron chi connectivity index (χ0n) is 11.2. The van der Waals surface area contributed by atoms with Crippen LogP contribution in [0, 0.1) is 6.92 Å². The van der Waals surface area contributed by atoms with Crippen LogP contribution in [0.15, 0.2) is 12.1 Å². The molecule has 1 aromatic rings. The molecular weight excluding hydrogens is 257 g/mol. The average molecular weight is 276 g/mol. The van der Waals surface area contributed by atoms with Crippen molar-refractivity contribution >= 4 is 0 Å². The Morgan fingerprint density at radius 2 is 2.05 bits per heavy atom. The van der Waals surface area contributed by atoms with E-state index in [1.807, 2.05) is 6.07 Å². The Labute approximate surface area is 111 Å². The molecule has 0 fully saturated rings. The Balaban J connectivity index is 2.53. The topological polar surface area (TPSA) is 34.2 Å². The third kappa shape index (κ3) is 7.00. The first kappa shape index (κ1) is 15.8. The number of rotatable bonds is 7. The Morgan fingerprint density at radius 1 is 1.32 bits per heavy atom. The summed E-state index contributed by atoms with van der Waals surface area (Å²) in [5, 5.41) is 3.22. The first-order valence-corrected chi connectivity index (χ1v) is 6.28. The van der Waals surface area contributed by atoms with Crippen LogP contribution in [-0.4, -0.2) is 24.3 Å². The molecule has 0 aromatic carbocycles. The van der Waals surface area contributed by atoms with E-state index in [9.17, 15) is 13.2 Å². The number of hydrogen-bond donors (Lipinski definition) is 1. The van der Waals surface area contributed by atoms with Gasteiger partial charge in [0, 0.05) is 18.3 Å². The van der Waals surface area contributed by atoms with Crippen LogP contribution < -0.4 is 10.1 Å². The van der Waals surface area contributed by atoms with Crippen LogP contribution in [0.4, 0.5) is 13.2 Å². The van der Waals surface area contributed by atoms with Gasteiger partial charge in [-0.2, -0.15) is 13.2 Å². The van der Waals surface area contributed by atoms with Crippen LogP contribution in [0.1, 0.15) is 31.0 Å². The van der Waals surface area contributed by atoms with Crippen molar-refractivity contribution in [1.82, 2.24) is 10.3 Å². The van der Waals surface area contributed by atoms with Gasteiger partial charge in [-0.15, -0.1) is 0 Å². The normalized spacial score (nSPS) is 11.6. The zero-order chi connectivity index (χ0) is 14.3. The Morgan fingerprint density at radius 3 is 2.68 bits per heavy atom. The van der Waals surface area contributed by atoms with Gasteiger partial charge in [-0.05, 0) is 31.5 Å². The maximum atomic E-state index is 12.0. The molecule has 0 radical (unpaired) electrons. The molecule has 3 nitrogen and oxygen atoms in total. The number of aryl methyl sites for hydroxylation is 1. The third-order valence-corrected chi connectivity index (χ3v) is 2.38. The second-order valence-electron chi connectivity index (χ2n) is 4.35. The number of ether oxygens (including phenoxy) is 1. The fourth-order valence-electron chi connectivity index (χ4n) is 1.56. The van der Waals surface area contributed by atoms with Crippen molar-refractivity contribution in [2.45, 2.75) is 39.4 Å². The van der Waals surface area contributed by atoms with Gasteiger partial charge >= 0.3 is 6.18 Å². The Hall–Kier alpha value is -1.30. The lowest BCUT2D eigenvalue weighted by molar-refractivity contribution is -0.139. The first-order chi connectivity index (χ1) is 8.90. The zero-order valence-corrected chi connectivity index (χ0v) is 11.2. The van der Waals surface area contributed by atoms with Crippen molar-refractivity contribution in [2.75, 3.05) is 13.2 Å². The van der Waals surface area contributed by atoms with E-state index in [-0.39, 0.29) is 5.88 Å². The highest BCUT2D eigenvalue weighted by atomic mass is 19.4. The summed E-state index contributed by atoms with van der Waals surface area (Å²) >= 11 is 0. The Bertz CT molecular complexity index is 394. The molecule has 0 aliphatic heterocycles. The summed E-state index contributed by atoms with van der Waals surface area (Å²) in [6.45, 7) is 5.01. The van der Waals surface area contributed by atoms with Gasteiger partial charge in [0.05, 0.1) is 13.0 Å². The summed E-state index contributed by atoms with van der Waals surface area (Å²) in [5.74, 6) is 0.248. The lowest BCUT2D eigenvalue weighted by Gasteiger charge is -2.10. The fraction of sp³-hybridized carbons (Fsp3) is 0.615. The number of nitrogens with zero attached hydrogens (tertiary/aromatic N) is 1. The SMILES string of the molecule is CCCNCc1cc(C)nc(OCCC(F)(F)F)c1. The highest BCUT2D eigenvalue weighted by Gasteiger charge is 2.26. The van der Waals surface area contributed by atoms with Gasteiger partial charge in [-0.3, -0.25) is 0 Å². The number of alkyl halides is 3. The lowest BCUT2D eigenvalue weighted by Crippen LogP contribution is -2.15. The molecule has 0 saturated heterocycles. The molecule has 0 saturated carbocycles. The molecule has 108 valence electrons. The minimum atomic E-state index is -4.20. The van der Waals surface area contributed by atoms with E-state index in [1.54, 1.807) is 13.0 Å². The van der Waals surface area contributed by atoms with Gasteiger partial charge in [0.1, 0.15) is 0 Å². The van der Waals surface area contributed by atoms with Crippen LogP contribution in [-0.2, 0) is 6.54 Å². The Kier molecular flexibility index (Phi) is 6.08. The van der Waals surface area contributed by atoms with Gasteiger partial charge in [0.25, 0.3) is 0 Å². The number of aromatic nitrogens is 1. The van der Waals surface area contributed by atoms with Crippen LogP contribution in [0.2, 0.25) is 0 Å². The average Bonchev–Trinajstić information content (AvgIpc) is 2.27. The molecule has 19 heavy (non-hydrogen) atoms. The molecule has 0 amide bonds. The minimum Gasteiger partial charge on any atom is -0.477 e. The van der Waals surface area contributed by atoms with Crippen LogP contribution in [0.3, 0.4) is 0 Å². The number of hydrogen-bond acceptors (Lipinski definition) is 3. The molecule has 1 rings (SSSR count). The van der Waals surface area contributed by atoms with E-state index in [0.29, 0.717) is 6.54 Å². The van der Waals surface area contributed by atoms with Crippen molar-refractivity contribution in [1.29, 1.82) is 0 Å². The fourth-order valence-corrected chi connectivity index (χ4v) is 1.56. The summed E-state index contributed by atoms with van der Waals surface area (Å²) in [5.41, 5.74) is 1.70. The van der Waals surface area contributed by atoms with E-state index in [4.69, 9.17) is 4.74 Å². The van der Waals surface area contributed by atoms with E-state index < -0.39 is 19.2 Å². The largest absolute Gasteiger partial charge is 0.477 e. The molecular formula is C13H19F3N2O. The monoisotopic (exact) mass is 276 g/mol. The van der Waals surface area contributed by atoms with Gasteiger partial charge in [0.2, 0.25) is 5.88 Å². The molecule has 6 heteroatoms. The third-order valence-electron chi connectivity index (χ3n) is 2.38. The van der Waals surface area contributed by atoms with Gasteiger partial charge in [-0.1, -0.05) is 6.92 Å². The van der Waals surface area contributed by atoms with Crippen molar-refractivity contribution in [3.05, 3.63) is 23.4 Å². The summed E-state index contributed by atoms with van der Waals surface area (Å²) in [6.07, 6.45) is -4.14. The summed E-state index contributed by atoms with van der Waals surface area (Å²) < 4.78 is 41.1. The van der Waals surface area contributed by atoms with Gasteiger partial charge in [-0.25, -0.2) is 4.98 Å². The summed E-state index contributed by atoms with van der Waals surface area (Å²) in [6, 6.07) is 3.56. The molecule has 0 aliphatic rings. The van der Waals surface area contributed by atoms with Crippen molar-refractivity contribution in [3.63, 3.8) is 0 Å². The maximum Gasteiger partial charge on any atom is 0.392 e. The van der Waals surface area contributed by atoms with E-state index in [0.717, 1.165) is 24.2 Å².